The Bertz CT molecular complexity index is 1040. The number of hydrogen-bond acceptors (Lipinski definition) is 5. The van der Waals surface area contributed by atoms with Crippen molar-refractivity contribution in [3.63, 3.8) is 0 Å². The molecule has 0 bridgehead atoms. The van der Waals surface area contributed by atoms with Crippen LogP contribution in [0.1, 0.15) is 39.3 Å². The molecule has 1 aromatic carbocycles. The molecule has 1 fully saturated rings. The minimum Gasteiger partial charge on any atom is -0.398 e. The molecule has 0 radical (unpaired) electrons. The summed E-state index contributed by atoms with van der Waals surface area (Å²) in [6.45, 7) is -2.93. The molecule has 1 unspecified atom stereocenters. The molecule has 1 saturated carbocycles. The van der Waals surface area contributed by atoms with E-state index in [1.165, 1.54) is 12.1 Å². The number of carbonyl (C=O) groups excluding carboxylic acids is 2. The monoisotopic (exact) mass is 291 g/mol. The first-order chi connectivity index (χ1) is 12.3. The van der Waals surface area contributed by atoms with Crippen LogP contribution in [0.5, 0.6) is 0 Å². The fraction of sp³-hybridized carbons (Fsp3) is 0.333. The maximum Gasteiger partial charge on any atom is 0.264 e. The molecule has 0 amide bonds. The molecule has 0 saturated heterocycles. The molecule has 21 heavy (non-hydrogen) atoms. The van der Waals surface area contributed by atoms with E-state index < -0.39 is 55.1 Å². The molecule has 2 aromatic rings. The number of aryl methyl sites for hydroxylation is 1. The lowest BCUT2D eigenvalue weighted by atomic mass is 9.92. The molecule has 1 aliphatic rings. The third-order valence-electron chi connectivity index (χ3n) is 3.32. The molecule has 1 aliphatic carbocycles. The highest BCUT2D eigenvalue weighted by Gasteiger charge is 2.30. The Labute approximate surface area is 129 Å². The van der Waals surface area contributed by atoms with Crippen LogP contribution in [0.15, 0.2) is 23.0 Å². The third-order valence-corrected chi connectivity index (χ3v) is 3.32. The Morgan fingerprint density at radius 2 is 2.33 bits per heavy atom. The highest BCUT2D eigenvalue weighted by molar-refractivity contribution is 6.03. The Hall–Kier alpha value is -2.50. The van der Waals surface area contributed by atoms with Crippen molar-refractivity contribution in [2.75, 3.05) is 5.73 Å². The predicted octanol–water partition coefficient (Wildman–Crippen LogP) is 1.15. The van der Waals surface area contributed by atoms with Gasteiger partial charge in [-0.2, -0.15) is 0 Å². The molecule has 2 N–H and O–H groups in total. The second-order valence-corrected chi connectivity index (χ2v) is 4.73. The summed E-state index contributed by atoms with van der Waals surface area (Å²) in [6.07, 6.45) is -3.72. The smallest absolute Gasteiger partial charge is 0.264 e. The summed E-state index contributed by atoms with van der Waals surface area (Å²) < 4.78 is 47.4. The second kappa shape index (κ2) is 4.80. The molecular formula is C15H15N3O3. The lowest BCUT2D eigenvalue weighted by molar-refractivity contribution is -0.132. The number of nitrogens with two attached hydrogens (primary N) is 1. The van der Waals surface area contributed by atoms with E-state index in [4.69, 9.17) is 14.0 Å². The molecule has 1 heterocycles. The van der Waals surface area contributed by atoms with Crippen molar-refractivity contribution in [1.29, 1.82) is 0 Å². The van der Waals surface area contributed by atoms with Crippen LogP contribution in [-0.2, 0) is 9.59 Å². The zero-order valence-corrected chi connectivity index (χ0v) is 10.8. The molecule has 108 valence electrons. The highest BCUT2D eigenvalue weighted by Crippen LogP contribution is 2.24. The lowest BCUT2D eigenvalue weighted by Crippen LogP contribution is -2.36. The fourth-order valence-corrected chi connectivity index (χ4v) is 2.36. The van der Waals surface area contributed by atoms with Gasteiger partial charge in [-0.25, -0.2) is 4.98 Å². The van der Waals surface area contributed by atoms with Crippen LogP contribution >= 0.6 is 0 Å². The largest absolute Gasteiger partial charge is 0.398 e. The summed E-state index contributed by atoms with van der Waals surface area (Å²) in [5.41, 5.74) is 4.43. The van der Waals surface area contributed by atoms with Gasteiger partial charge in [0.05, 0.1) is 24.7 Å². The van der Waals surface area contributed by atoms with E-state index in [1.54, 1.807) is 0 Å². The number of Topliss-reactive ketones (excluding diaryl/α,β-unsaturated/α-hetero) is 2. The Morgan fingerprint density at radius 3 is 3.05 bits per heavy atom. The van der Waals surface area contributed by atoms with Gasteiger partial charge in [-0.3, -0.25) is 19.0 Å². The van der Waals surface area contributed by atoms with Crippen molar-refractivity contribution in [2.24, 2.45) is 0 Å². The summed E-state index contributed by atoms with van der Waals surface area (Å²) in [5, 5.41) is -0.268. The summed E-state index contributed by atoms with van der Waals surface area (Å²) in [4.78, 5) is 41.1. The highest BCUT2D eigenvalue weighted by atomic mass is 16.2. The van der Waals surface area contributed by atoms with Gasteiger partial charge in [0.1, 0.15) is 11.6 Å². The van der Waals surface area contributed by atoms with E-state index in [9.17, 15) is 14.4 Å². The summed E-state index contributed by atoms with van der Waals surface area (Å²) in [5.74, 6) is -2.31. The fourth-order valence-electron chi connectivity index (χ4n) is 2.36. The minimum atomic E-state index is -2.93. The van der Waals surface area contributed by atoms with Gasteiger partial charge in [-0.1, -0.05) is 6.07 Å². The first-order valence-corrected chi connectivity index (χ1v) is 6.21. The van der Waals surface area contributed by atoms with Crippen molar-refractivity contribution in [2.45, 2.75) is 32.1 Å². The normalized spacial score (nSPS) is 26.4. The molecule has 6 heteroatoms. The molecule has 1 aromatic heterocycles. The van der Waals surface area contributed by atoms with Gasteiger partial charge in [0.25, 0.3) is 5.56 Å². The molecule has 0 aliphatic heterocycles. The SMILES string of the molecule is [2H]c1ccc2nc(C([2H])([2H])[2H])n(C3C(=O)CC(=O)CC3([2H])[2H])c(=O)c2c1N. The van der Waals surface area contributed by atoms with Gasteiger partial charge >= 0.3 is 0 Å². The summed E-state index contributed by atoms with van der Waals surface area (Å²) in [7, 11) is 0. The average Bonchev–Trinajstić information content (AvgIpc) is 2.49. The van der Waals surface area contributed by atoms with E-state index in [2.05, 4.69) is 4.98 Å². The Balaban J connectivity index is 2.45. The number of carbonyl (C=O) groups is 2. The number of nitrogen functional groups attached to an aromatic ring is 1. The van der Waals surface area contributed by atoms with E-state index in [1.807, 2.05) is 0 Å². The number of fused-ring (bicyclic) bond motifs is 1. The van der Waals surface area contributed by atoms with E-state index >= 15 is 0 Å². The predicted molar refractivity (Wildman–Crippen MR) is 78.1 cm³/mol. The van der Waals surface area contributed by atoms with Gasteiger partial charge in [0.2, 0.25) is 0 Å². The van der Waals surface area contributed by atoms with Crippen LogP contribution in [0.3, 0.4) is 0 Å². The van der Waals surface area contributed by atoms with Crippen LogP contribution in [0.4, 0.5) is 5.69 Å². The van der Waals surface area contributed by atoms with Crippen LogP contribution in [0.25, 0.3) is 10.9 Å². The maximum atomic E-state index is 13.1. The Kier molecular flexibility index (Phi) is 1.84. The number of hydrogen-bond donors (Lipinski definition) is 1. The number of anilines is 1. The summed E-state index contributed by atoms with van der Waals surface area (Å²) >= 11 is 0. The molecule has 3 rings (SSSR count). The van der Waals surface area contributed by atoms with Crippen LogP contribution < -0.4 is 11.3 Å². The molecular weight excluding hydrogens is 270 g/mol. The zero-order chi connectivity index (χ0) is 20.3. The first-order valence-electron chi connectivity index (χ1n) is 9.21. The van der Waals surface area contributed by atoms with Crippen molar-refractivity contribution in [3.05, 3.63) is 34.4 Å². The molecule has 6 nitrogen and oxygen atoms in total. The standard InChI is InChI=1S/C15H15N3O3/c1-8-17-11-4-2-3-10(16)14(11)15(21)18(8)12-6-5-9(19)7-13(12)20/h2-4,12H,5-7,16H2,1H3/i1D3,3D,6D2. The van der Waals surface area contributed by atoms with E-state index in [0.29, 0.717) is 4.57 Å². The molecule has 1 atom stereocenters. The van der Waals surface area contributed by atoms with Crippen molar-refractivity contribution >= 4 is 28.2 Å². The van der Waals surface area contributed by atoms with Gasteiger partial charge in [-0.15, -0.1) is 0 Å². The number of nitrogens with zero attached hydrogens (tertiary/aromatic N) is 2. The van der Waals surface area contributed by atoms with Crippen LogP contribution in [-0.4, -0.2) is 21.1 Å². The number of aromatic nitrogens is 2. The first kappa shape index (κ1) is 8.07. The lowest BCUT2D eigenvalue weighted by Gasteiger charge is -2.24. The second-order valence-electron chi connectivity index (χ2n) is 4.73. The Morgan fingerprint density at radius 1 is 1.52 bits per heavy atom. The number of benzene rings is 1. The summed E-state index contributed by atoms with van der Waals surface area (Å²) in [6, 6.07) is 0.490. The third kappa shape index (κ3) is 2.12. The van der Waals surface area contributed by atoms with Crippen molar-refractivity contribution < 1.29 is 17.8 Å². The quantitative estimate of drug-likeness (QED) is 0.628. The molecule has 0 spiro atoms. The number of rotatable bonds is 1. The minimum absolute atomic E-state index is 0.0734. The van der Waals surface area contributed by atoms with Crippen molar-refractivity contribution in [3.8, 4) is 0 Å². The van der Waals surface area contributed by atoms with Crippen LogP contribution in [0, 0.1) is 6.85 Å². The van der Waals surface area contributed by atoms with Gasteiger partial charge in [0.15, 0.2) is 5.78 Å². The van der Waals surface area contributed by atoms with E-state index in [0.717, 1.165) is 0 Å². The topological polar surface area (TPSA) is 95.0 Å². The number of ketones is 2. The van der Waals surface area contributed by atoms with Gasteiger partial charge in [0, 0.05) is 19.0 Å². The van der Waals surface area contributed by atoms with Gasteiger partial charge in [-0.05, 0) is 25.3 Å². The average molecular weight is 291 g/mol. The van der Waals surface area contributed by atoms with Crippen LogP contribution in [0.2, 0.25) is 0 Å². The zero-order valence-electron chi connectivity index (χ0n) is 16.8. The van der Waals surface area contributed by atoms with Crippen molar-refractivity contribution in [1.82, 2.24) is 9.55 Å². The van der Waals surface area contributed by atoms with Gasteiger partial charge < -0.3 is 5.73 Å². The van der Waals surface area contributed by atoms with E-state index in [-0.39, 0.29) is 22.6 Å². The maximum absolute atomic E-state index is 13.1.